The number of aromatic nitrogens is 3. The molecule has 3 N–H and O–H groups in total. The van der Waals surface area contributed by atoms with Crippen molar-refractivity contribution in [2.75, 3.05) is 6.54 Å². The van der Waals surface area contributed by atoms with Gasteiger partial charge >= 0.3 is 0 Å². The lowest BCUT2D eigenvalue weighted by Crippen LogP contribution is -2.28. The summed E-state index contributed by atoms with van der Waals surface area (Å²) >= 11 is 0. The number of amides is 1. The van der Waals surface area contributed by atoms with Crippen molar-refractivity contribution in [1.29, 1.82) is 0 Å². The quantitative estimate of drug-likeness (QED) is 0.772. The molecule has 0 saturated heterocycles. The van der Waals surface area contributed by atoms with Gasteiger partial charge in [-0.25, -0.2) is 0 Å². The number of hydrogen-bond acceptors (Lipinski definition) is 6. The summed E-state index contributed by atoms with van der Waals surface area (Å²) in [5.74, 6) is 0.412. The average Bonchev–Trinajstić information content (AvgIpc) is 2.87. The van der Waals surface area contributed by atoms with Crippen LogP contribution in [0.3, 0.4) is 0 Å². The number of nitrogens with zero attached hydrogens (tertiary/aromatic N) is 3. The zero-order valence-corrected chi connectivity index (χ0v) is 10.6. The molecule has 19 heavy (non-hydrogen) atoms. The van der Waals surface area contributed by atoms with Crippen molar-refractivity contribution in [2.24, 2.45) is 5.73 Å². The Morgan fingerprint density at radius 3 is 3.11 bits per heavy atom. The fourth-order valence-corrected chi connectivity index (χ4v) is 1.64. The molecule has 7 heteroatoms. The van der Waals surface area contributed by atoms with Crippen molar-refractivity contribution in [3.63, 3.8) is 0 Å². The lowest BCUT2D eigenvalue weighted by atomic mass is 10.1. The van der Waals surface area contributed by atoms with Gasteiger partial charge in [0.2, 0.25) is 17.6 Å². The van der Waals surface area contributed by atoms with Crippen LogP contribution in [0.5, 0.6) is 0 Å². The van der Waals surface area contributed by atoms with Crippen molar-refractivity contribution in [1.82, 2.24) is 20.4 Å². The Morgan fingerprint density at radius 1 is 1.53 bits per heavy atom. The molecular weight excluding hydrogens is 246 g/mol. The van der Waals surface area contributed by atoms with Crippen LogP contribution in [0.2, 0.25) is 0 Å². The molecule has 0 aliphatic heterocycles. The minimum absolute atomic E-state index is 0.0709. The van der Waals surface area contributed by atoms with Crippen LogP contribution in [-0.4, -0.2) is 27.6 Å². The molecule has 2 rings (SSSR count). The number of aryl methyl sites for hydroxylation is 1. The lowest BCUT2D eigenvalue weighted by Gasteiger charge is -2.00. The Kier molecular flexibility index (Phi) is 4.19. The highest BCUT2D eigenvalue weighted by atomic mass is 16.5. The van der Waals surface area contributed by atoms with Crippen LogP contribution in [0.1, 0.15) is 18.4 Å². The number of hydrogen-bond donors (Lipinski definition) is 2. The zero-order valence-electron chi connectivity index (χ0n) is 10.6. The van der Waals surface area contributed by atoms with E-state index in [0.717, 1.165) is 17.7 Å². The minimum Gasteiger partial charge on any atom is -0.369 e. The van der Waals surface area contributed by atoms with Crippen LogP contribution in [0.25, 0.3) is 11.5 Å². The Balaban J connectivity index is 2.10. The van der Waals surface area contributed by atoms with Gasteiger partial charge in [0.15, 0.2) is 0 Å². The summed E-state index contributed by atoms with van der Waals surface area (Å²) < 4.78 is 5.08. The summed E-state index contributed by atoms with van der Waals surface area (Å²) in [6, 6.07) is 3.85. The van der Waals surface area contributed by atoms with E-state index >= 15 is 0 Å². The second-order valence-electron chi connectivity index (χ2n) is 3.95. The van der Waals surface area contributed by atoms with Gasteiger partial charge in [-0.3, -0.25) is 15.1 Å². The molecule has 0 aromatic carbocycles. The number of rotatable bonds is 6. The highest BCUT2D eigenvalue weighted by molar-refractivity contribution is 5.75. The van der Waals surface area contributed by atoms with Crippen LogP contribution < -0.4 is 11.1 Å². The smallest absolute Gasteiger partial charge is 0.240 e. The molecule has 2 aromatic heterocycles. The summed E-state index contributed by atoms with van der Waals surface area (Å²) in [6.45, 7) is 2.40. The zero-order chi connectivity index (χ0) is 13.7. The van der Waals surface area contributed by atoms with Crippen molar-refractivity contribution >= 4 is 5.91 Å². The molecule has 0 aliphatic rings. The molecule has 0 unspecified atom stereocenters. The molecule has 2 heterocycles. The first-order valence-electron chi connectivity index (χ1n) is 5.96. The summed E-state index contributed by atoms with van der Waals surface area (Å²) in [6.07, 6.45) is 2.53. The Labute approximate surface area is 110 Å². The Bertz CT molecular complexity index is 567. The van der Waals surface area contributed by atoms with E-state index in [1.165, 1.54) is 0 Å². The first-order valence-corrected chi connectivity index (χ1v) is 5.96. The first-order chi connectivity index (χ1) is 9.20. The third-order valence-corrected chi connectivity index (χ3v) is 2.53. The van der Waals surface area contributed by atoms with E-state index < -0.39 is 5.91 Å². The minimum atomic E-state index is -0.433. The van der Waals surface area contributed by atoms with E-state index in [-0.39, 0.29) is 6.54 Å². The van der Waals surface area contributed by atoms with Gasteiger partial charge in [-0.05, 0) is 18.1 Å². The molecule has 2 aromatic rings. The molecule has 7 nitrogen and oxygen atoms in total. The molecule has 0 spiro atoms. The second kappa shape index (κ2) is 6.05. The summed E-state index contributed by atoms with van der Waals surface area (Å²) in [7, 11) is 0. The van der Waals surface area contributed by atoms with Crippen molar-refractivity contribution in [3.05, 3.63) is 29.8 Å². The summed E-state index contributed by atoms with van der Waals surface area (Å²) in [5, 5.41) is 6.69. The van der Waals surface area contributed by atoms with E-state index in [9.17, 15) is 4.79 Å². The van der Waals surface area contributed by atoms with Gasteiger partial charge in [0.25, 0.3) is 0 Å². The van der Waals surface area contributed by atoms with E-state index in [0.29, 0.717) is 18.3 Å². The van der Waals surface area contributed by atoms with Crippen LogP contribution in [0, 0.1) is 0 Å². The highest BCUT2D eigenvalue weighted by Gasteiger charge is 2.12. The maximum Gasteiger partial charge on any atom is 0.240 e. The fourth-order valence-electron chi connectivity index (χ4n) is 1.64. The summed E-state index contributed by atoms with van der Waals surface area (Å²) in [4.78, 5) is 19.1. The van der Waals surface area contributed by atoms with Crippen molar-refractivity contribution in [3.8, 4) is 11.5 Å². The van der Waals surface area contributed by atoms with Gasteiger partial charge in [-0.15, -0.1) is 0 Å². The number of nitrogens with two attached hydrogens (primary N) is 1. The molecule has 0 atom stereocenters. The molecule has 0 radical (unpaired) electrons. The molecule has 0 saturated carbocycles. The maximum absolute atomic E-state index is 10.6. The van der Waals surface area contributed by atoms with Crippen molar-refractivity contribution in [2.45, 2.75) is 19.9 Å². The van der Waals surface area contributed by atoms with Gasteiger partial charge in [0.1, 0.15) is 5.69 Å². The fraction of sp³-hybridized carbons (Fsp3) is 0.333. The topological polar surface area (TPSA) is 107 Å². The molecule has 0 bridgehead atoms. The molecule has 0 fully saturated rings. The molecule has 1 amide bonds. The van der Waals surface area contributed by atoms with Crippen LogP contribution in [0.15, 0.2) is 22.9 Å². The van der Waals surface area contributed by atoms with Gasteiger partial charge in [-0.1, -0.05) is 18.1 Å². The number of nitrogens with one attached hydrogen (secondary N) is 1. The monoisotopic (exact) mass is 261 g/mol. The second-order valence-corrected chi connectivity index (χ2v) is 3.95. The maximum atomic E-state index is 10.6. The van der Waals surface area contributed by atoms with E-state index in [2.05, 4.69) is 20.4 Å². The number of pyridine rings is 1. The molecular formula is C12H15N5O2. The SMILES string of the molecule is CCc1cccnc1-c1noc(CNCC(N)=O)n1. The van der Waals surface area contributed by atoms with Gasteiger partial charge in [-0.2, -0.15) is 4.98 Å². The largest absolute Gasteiger partial charge is 0.369 e. The Hall–Kier alpha value is -2.28. The highest BCUT2D eigenvalue weighted by Crippen LogP contribution is 2.18. The first kappa shape index (κ1) is 13.2. The summed E-state index contributed by atoms with van der Waals surface area (Å²) in [5.41, 5.74) is 6.79. The third kappa shape index (κ3) is 3.35. The normalized spacial score (nSPS) is 10.6. The van der Waals surface area contributed by atoms with E-state index in [1.807, 2.05) is 19.1 Å². The van der Waals surface area contributed by atoms with Crippen LogP contribution >= 0.6 is 0 Å². The van der Waals surface area contributed by atoms with Crippen LogP contribution in [0.4, 0.5) is 0 Å². The van der Waals surface area contributed by atoms with Crippen molar-refractivity contribution < 1.29 is 9.32 Å². The van der Waals surface area contributed by atoms with Gasteiger partial charge in [0, 0.05) is 6.20 Å². The lowest BCUT2D eigenvalue weighted by molar-refractivity contribution is -0.117. The Morgan fingerprint density at radius 2 is 2.37 bits per heavy atom. The third-order valence-electron chi connectivity index (χ3n) is 2.53. The standard InChI is InChI=1S/C12H15N5O2/c1-2-8-4-3-5-15-11(8)12-16-10(19-17-12)7-14-6-9(13)18/h3-5,14H,2,6-7H2,1H3,(H2,13,18). The number of carbonyl (C=O) groups is 1. The predicted octanol–water partition coefficient (Wildman–Crippen LogP) is 0.269. The molecule has 0 aliphatic carbocycles. The van der Waals surface area contributed by atoms with Crippen LogP contribution in [-0.2, 0) is 17.8 Å². The number of primary amides is 1. The molecule has 100 valence electrons. The van der Waals surface area contributed by atoms with Gasteiger partial charge in [0.05, 0.1) is 13.1 Å². The number of carbonyl (C=O) groups excluding carboxylic acids is 1. The van der Waals surface area contributed by atoms with E-state index in [1.54, 1.807) is 6.20 Å². The van der Waals surface area contributed by atoms with Gasteiger partial charge < -0.3 is 10.3 Å². The van der Waals surface area contributed by atoms with E-state index in [4.69, 9.17) is 10.3 Å². The predicted molar refractivity (Wildman–Crippen MR) is 67.8 cm³/mol. The average molecular weight is 261 g/mol.